The van der Waals surface area contributed by atoms with Gasteiger partial charge < -0.3 is 5.32 Å². The van der Waals surface area contributed by atoms with Crippen molar-refractivity contribution in [2.75, 3.05) is 16.8 Å². The smallest absolute Gasteiger partial charge is 0.227 e. The van der Waals surface area contributed by atoms with Gasteiger partial charge in [-0.3, -0.25) is 4.79 Å². The fraction of sp³-hybridized carbons (Fsp3) is 0.667. The second-order valence-electron chi connectivity index (χ2n) is 8.24. The van der Waals surface area contributed by atoms with Crippen LogP contribution in [0.2, 0.25) is 0 Å². The molecule has 0 unspecified atom stereocenters. The van der Waals surface area contributed by atoms with Crippen LogP contribution in [0.3, 0.4) is 0 Å². The summed E-state index contributed by atoms with van der Waals surface area (Å²) in [7, 11) is 0. The van der Waals surface area contributed by atoms with Crippen LogP contribution in [0.1, 0.15) is 49.7 Å². The summed E-state index contributed by atoms with van der Waals surface area (Å²) in [5.74, 6) is 4.60. The number of nitrogens with one attached hydrogen (secondary N) is 1. The highest BCUT2D eigenvalue weighted by Gasteiger charge is 2.55. The highest BCUT2D eigenvalue weighted by molar-refractivity contribution is 8.21. The number of fused-ring (bicyclic) bond motifs is 1. The van der Waals surface area contributed by atoms with E-state index in [0.29, 0.717) is 4.08 Å². The molecule has 4 heteroatoms. The van der Waals surface area contributed by atoms with Crippen LogP contribution in [0.15, 0.2) is 18.2 Å². The predicted octanol–water partition coefficient (Wildman–Crippen LogP) is 5.12. The van der Waals surface area contributed by atoms with E-state index in [1.54, 1.807) is 0 Å². The summed E-state index contributed by atoms with van der Waals surface area (Å²) in [5, 5.41) is 3.26. The third kappa shape index (κ3) is 2.84. The lowest BCUT2D eigenvalue weighted by Crippen LogP contribution is -2.48. The maximum Gasteiger partial charge on any atom is 0.227 e. The Morgan fingerprint density at radius 1 is 1.00 bits per heavy atom. The average Bonchev–Trinajstić information content (AvgIpc) is 3.24. The quantitative estimate of drug-likeness (QED) is 0.780. The van der Waals surface area contributed by atoms with E-state index in [-0.39, 0.29) is 11.8 Å². The Bertz CT molecular complexity index is 666. The molecule has 1 spiro atoms. The third-order valence-corrected chi connectivity index (χ3v) is 10.9. The predicted molar refractivity (Wildman–Crippen MR) is 108 cm³/mol. The molecule has 1 saturated heterocycles. The van der Waals surface area contributed by atoms with Crippen LogP contribution >= 0.6 is 23.5 Å². The van der Waals surface area contributed by atoms with Gasteiger partial charge in [-0.15, -0.1) is 23.5 Å². The zero-order valence-electron chi connectivity index (χ0n) is 14.8. The van der Waals surface area contributed by atoms with Gasteiger partial charge in [-0.2, -0.15) is 0 Å². The van der Waals surface area contributed by atoms with Crippen LogP contribution in [-0.2, 0) is 17.6 Å². The number of thioether (sulfide) groups is 2. The van der Waals surface area contributed by atoms with Gasteiger partial charge in [-0.1, -0.05) is 12.5 Å². The number of hydrogen-bond acceptors (Lipinski definition) is 3. The van der Waals surface area contributed by atoms with E-state index in [2.05, 4.69) is 47.0 Å². The van der Waals surface area contributed by atoms with Gasteiger partial charge in [0.15, 0.2) is 0 Å². The van der Waals surface area contributed by atoms with Crippen molar-refractivity contribution in [3.05, 3.63) is 29.3 Å². The second-order valence-corrected chi connectivity index (χ2v) is 11.2. The lowest BCUT2D eigenvalue weighted by molar-refractivity contribution is -0.122. The molecule has 0 aromatic heterocycles. The molecule has 1 N–H and O–H groups in total. The van der Waals surface area contributed by atoms with Gasteiger partial charge in [-0.25, -0.2) is 0 Å². The highest BCUT2D eigenvalue weighted by Crippen LogP contribution is 2.64. The Morgan fingerprint density at radius 2 is 1.72 bits per heavy atom. The fourth-order valence-corrected chi connectivity index (χ4v) is 9.65. The number of rotatable bonds is 2. The normalized spacial score (nSPS) is 32.6. The lowest BCUT2D eigenvalue weighted by Gasteiger charge is -2.52. The molecule has 3 fully saturated rings. The maximum atomic E-state index is 13.0. The molecule has 1 aromatic rings. The number of carbonyl (C=O) groups excluding carboxylic acids is 1. The minimum atomic E-state index is 0.218. The first-order valence-electron chi connectivity index (χ1n) is 9.95. The number of anilines is 1. The first kappa shape index (κ1) is 16.6. The van der Waals surface area contributed by atoms with Crippen molar-refractivity contribution in [3.63, 3.8) is 0 Å². The van der Waals surface area contributed by atoms with E-state index in [4.69, 9.17) is 0 Å². The van der Waals surface area contributed by atoms with Crippen LogP contribution < -0.4 is 5.32 Å². The van der Waals surface area contributed by atoms with Gasteiger partial charge in [-0.05, 0) is 80.0 Å². The largest absolute Gasteiger partial charge is 0.326 e. The molecule has 1 aliphatic heterocycles. The van der Waals surface area contributed by atoms with Crippen LogP contribution in [0.4, 0.5) is 5.69 Å². The summed E-state index contributed by atoms with van der Waals surface area (Å²) in [6.45, 7) is 0. The third-order valence-electron chi connectivity index (χ3n) is 6.86. The monoisotopic (exact) mass is 373 g/mol. The number of carbonyl (C=O) groups is 1. The number of hydrogen-bond donors (Lipinski definition) is 1. The fourth-order valence-electron chi connectivity index (χ4n) is 5.72. The van der Waals surface area contributed by atoms with Crippen molar-refractivity contribution in [2.45, 2.75) is 55.4 Å². The number of aryl methyl sites for hydroxylation is 2. The Labute approximate surface area is 159 Å². The van der Waals surface area contributed by atoms with E-state index in [9.17, 15) is 4.79 Å². The summed E-state index contributed by atoms with van der Waals surface area (Å²) >= 11 is 4.44. The van der Waals surface area contributed by atoms with Crippen LogP contribution in [0.5, 0.6) is 0 Å². The van der Waals surface area contributed by atoms with Gasteiger partial charge >= 0.3 is 0 Å². The van der Waals surface area contributed by atoms with E-state index >= 15 is 0 Å². The van der Waals surface area contributed by atoms with Crippen LogP contribution in [-0.4, -0.2) is 21.5 Å². The zero-order chi connectivity index (χ0) is 16.9. The maximum absolute atomic E-state index is 13.0. The van der Waals surface area contributed by atoms with Gasteiger partial charge in [0.2, 0.25) is 5.91 Å². The van der Waals surface area contributed by atoms with Crippen molar-refractivity contribution >= 4 is 35.1 Å². The molecule has 1 aromatic carbocycles. The molecule has 3 aliphatic carbocycles. The Morgan fingerprint density at radius 3 is 2.48 bits per heavy atom. The molecular weight excluding hydrogens is 346 g/mol. The standard InChI is InChI=1S/C21H27NOS2/c23-20(22-19-8-7-14-3-1-4-15(14)13-19)16-11-17-5-2-6-18(12-16)21(17)24-9-10-25-21/h7-8,13,16-18H,1-6,9-12H2,(H,22,23)/t17-,18-/m1/s1. The Kier molecular flexibility index (Phi) is 4.32. The minimum absolute atomic E-state index is 0.218. The van der Waals surface area contributed by atoms with Crippen molar-refractivity contribution < 1.29 is 4.79 Å². The van der Waals surface area contributed by atoms with Gasteiger partial charge in [0.1, 0.15) is 0 Å². The first-order chi connectivity index (χ1) is 12.2. The number of amides is 1. The van der Waals surface area contributed by atoms with Crippen LogP contribution in [0, 0.1) is 17.8 Å². The van der Waals surface area contributed by atoms with Gasteiger partial charge in [0, 0.05) is 23.1 Å². The van der Waals surface area contributed by atoms with Gasteiger partial charge in [0.05, 0.1) is 4.08 Å². The molecular formula is C21H27NOS2. The van der Waals surface area contributed by atoms with E-state index in [1.807, 2.05) is 0 Å². The van der Waals surface area contributed by atoms with E-state index in [1.165, 1.54) is 61.2 Å². The van der Waals surface area contributed by atoms with E-state index < -0.39 is 0 Å². The average molecular weight is 374 g/mol. The molecule has 1 heterocycles. The van der Waals surface area contributed by atoms with Crippen LogP contribution in [0.25, 0.3) is 0 Å². The summed E-state index contributed by atoms with van der Waals surface area (Å²) in [5.41, 5.74) is 3.93. The Balaban J connectivity index is 1.30. The molecule has 4 aliphatic rings. The molecule has 5 rings (SSSR count). The first-order valence-corrected chi connectivity index (χ1v) is 11.9. The molecule has 2 nitrogen and oxygen atoms in total. The molecule has 2 saturated carbocycles. The number of benzene rings is 1. The molecule has 2 bridgehead atoms. The van der Waals surface area contributed by atoms with Crippen molar-refractivity contribution in [1.29, 1.82) is 0 Å². The molecule has 2 atom stereocenters. The summed E-state index contributed by atoms with van der Waals surface area (Å²) in [6, 6.07) is 6.54. The lowest BCUT2D eigenvalue weighted by atomic mass is 9.67. The van der Waals surface area contributed by atoms with Crippen molar-refractivity contribution in [2.24, 2.45) is 17.8 Å². The van der Waals surface area contributed by atoms with E-state index in [0.717, 1.165) is 30.4 Å². The van der Waals surface area contributed by atoms with Crippen molar-refractivity contribution in [1.82, 2.24) is 0 Å². The second kappa shape index (κ2) is 6.53. The summed E-state index contributed by atoms with van der Waals surface area (Å²) in [4.78, 5) is 13.0. The molecule has 0 radical (unpaired) electrons. The Hall–Kier alpha value is -0.610. The van der Waals surface area contributed by atoms with Crippen molar-refractivity contribution in [3.8, 4) is 0 Å². The van der Waals surface area contributed by atoms with Gasteiger partial charge in [0.25, 0.3) is 0 Å². The molecule has 25 heavy (non-hydrogen) atoms. The topological polar surface area (TPSA) is 29.1 Å². The summed E-state index contributed by atoms with van der Waals surface area (Å²) in [6.07, 6.45) is 9.88. The molecule has 134 valence electrons. The highest BCUT2D eigenvalue weighted by atomic mass is 32.2. The summed E-state index contributed by atoms with van der Waals surface area (Å²) < 4.78 is 0.461. The molecule has 1 amide bonds. The minimum Gasteiger partial charge on any atom is -0.326 e. The zero-order valence-corrected chi connectivity index (χ0v) is 16.4. The SMILES string of the molecule is O=C(Nc1ccc2c(c1)CCC2)C1C[C@H]2CCC[C@H](C1)C21SCCS1.